The van der Waals surface area contributed by atoms with Crippen LogP contribution >= 0.6 is 0 Å². The Hall–Kier alpha value is -4.64. The Morgan fingerprint density at radius 2 is 1.46 bits per heavy atom. The largest absolute Gasteiger partial charge is 0.496 e. The highest BCUT2D eigenvalue weighted by molar-refractivity contribution is 6.04. The first-order valence-electron chi connectivity index (χ1n) is 16.3. The maximum atomic E-state index is 13.4. The predicted octanol–water partition coefficient (Wildman–Crippen LogP) is 5.52. The Bertz CT molecular complexity index is 1670. The fourth-order valence-electron chi connectivity index (χ4n) is 6.01. The molecule has 0 atom stereocenters. The van der Waals surface area contributed by atoms with E-state index in [2.05, 4.69) is 20.6 Å². The third-order valence-electron chi connectivity index (χ3n) is 9.26. The maximum absolute atomic E-state index is 13.4. The van der Waals surface area contributed by atoms with E-state index in [-0.39, 0.29) is 23.8 Å². The van der Waals surface area contributed by atoms with Gasteiger partial charge in [-0.1, -0.05) is 30.3 Å². The number of hydrogen-bond donors (Lipinski definition) is 2. The van der Waals surface area contributed by atoms with Crippen LogP contribution in [0.25, 0.3) is 11.1 Å². The number of benzene rings is 2. The first-order valence-corrected chi connectivity index (χ1v) is 16.3. The molecule has 6 rings (SSSR count). The molecule has 48 heavy (non-hydrogen) atoms. The summed E-state index contributed by atoms with van der Waals surface area (Å²) >= 11 is 0. The number of Topliss-reactive ketones (excluding diaryl/α,β-unsaturated/α-hetero) is 1. The van der Waals surface area contributed by atoms with Crippen molar-refractivity contribution >= 4 is 17.4 Å². The van der Waals surface area contributed by atoms with E-state index < -0.39 is 0 Å². The molecule has 0 bridgehead atoms. The summed E-state index contributed by atoms with van der Waals surface area (Å²) in [7, 11) is 3.21. The van der Waals surface area contributed by atoms with Crippen molar-refractivity contribution in [3.05, 3.63) is 100 Å². The van der Waals surface area contributed by atoms with Gasteiger partial charge in [0.15, 0.2) is 5.78 Å². The molecule has 4 aromatic rings. The van der Waals surface area contributed by atoms with E-state index in [1.54, 1.807) is 38.7 Å². The lowest BCUT2D eigenvalue weighted by atomic mass is 9.91. The van der Waals surface area contributed by atoms with E-state index >= 15 is 0 Å². The molecule has 0 aliphatic carbocycles. The molecule has 2 aromatic carbocycles. The van der Waals surface area contributed by atoms with Gasteiger partial charge in [0.2, 0.25) is 0 Å². The van der Waals surface area contributed by atoms with Crippen molar-refractivity contribution in [2.75, 3.05) is 46.0 Å². The van der Waals surface area contributed by atoms with Gasteiger partial charge in [0, 0.05) is 60.2 Å². The topological polar surface area (TPSA) is 121 Å². The van der Waals surface area contributed by atoms with Crippen molar-refractivity contribution in [1.29, 1.82) is 0 Å². The van der Waals surface area contributed by atoms with Gasteiger partial charge in [-0.05, 0) is 60.6 Å². The lowest BCUT2D eigenvalue weighted by Gasteiger charge is -2.27. The third-order valence-corrected chi connectivity index (χ3v) is 9.26. The monoisotopic (exact) mass is 650 g/mol. The van der Waals surface area contributed by atoms with E-state index in [1.165, 1.54) is 0 Å². The Morgan fingerprint density at radius 3 is 2.15 bits per heavy atom. The second-order valence-corrected chi connectivity index (χ2v) is 12.4. The average Bonchev–Trinajstić information content (AvgIpc) is 3.05. The van der Waals surface area contributed by atoms with Crippen molar-refractivity contribution in [1.82, 2.24) is 15.3 Å². The molecule has 2 N–H and O–H groups in total. The SMILES string of the molecule is COc1cc(C(=O)Nc2cccc(-c3cccc(CC(=O)c4cc(OC)c(CNC5COC5)cn4)c3C)c2C)ncc1CCC1COC1. The molecule has 0 unspecified atom stereocenters. The average molecular weight is 651 g/mol. The third kappa shape index (κ3) is 7.41. The standard InChI is InChI=1S/C38H42N4O6/c1-23-26(13-35(43)33-14-37(46-4)28(18-40-33)17-39-29-21-48-22-29)7-5-8-30(23)31-9-6-10-32(24(31)2)42-38(44)34-15-36(45-3)27(16-41-34)12-11-25-19-47-20-25/h5-10,14-16,18,25,29,39H,11-13,17,19-22H2,1-4H3,(H,42,44). The molecule has 1 amide bonds. The van der Waals surface area contributed by atoms with E-state index in [1.807, 2.05) is 50.2 Å². The minimum atomic E-state index is -0.314. The zero-order chi connectivity index (χ0) is 33.6. The number of anilines is 1. The first-order chi connectivity index (χ1) is 23.3. The van der Waals surface area contributed by atoms with Gasteiger partial charge in [-0.3, -0.25) is 19.6 Å². The minimum absolute atomic E-state index is 0.0933. The zero-order valence-corrected chi connectivity index (χ0v) is 27.9. The van der Waals surface area contributed by atoms with Gasteiger partial charge in [0.25, 0.3) is 5.91 Å². The van der Waals surface area contributed by atoms with Crippen LogP contribution in [-0.4, -0.2) is 68.3 Å². The first kappa shape index (κ1) is 33.3. The van der Waals surface area contributed by atoms with Crippen LogP contribution in [0, 0.1) is 19.8 Å². The number of hydrogen-bond acceptors (Lipinski definition) is 9. The lowest BCUT2D eigenvalue weighted by Crippen LogP contribution is -2.45. The van der Waals surface area contributed by atoms with Gasteiger partial charge in [-0.2, -0.15) is 0 Å². The summed E-state index contributed by atoms with van der Waals surface area (Å²) in [5.74, 6) is 1.44. The van der Waals surface area contributed by atoms with Crippen LogP contribution in [0.5, 0.6) is 11.5 Å². The minimum Gasteiger partial charge on any atom is -0.496 e. The van der Waals surface area contributed by atoms with Crippen LogP contribution in [0.4, 0.5) is 5.69 Å². The number of nitrogens with one attached hydrogen (secondary N) is 2. The van der Waals surface area contributed by atoms with Gasteiger partial charge in [0.1, 0.15) is 22.9 Å². The Morgan fingerprint density at radius 1 is 0.812 bits per heavy atom. The van der Waals surface area contributed by atoms with Gasteiger partial charge in [0.05, 0.1) is 46.7 Å². The normalized spacial score (nSPS) is 14.6. The molecule has 2 aliphatic rings. The molecule has 2 aromatic heterocycles. The fourth-order valence-corrected chi connectivity index (χ4v) is 6.01. The number of methoxy groups -OCH3 is 2. The van der Waals surface area contributed by atoms with E-state index in [0.717, 1.165) is 65.0 Å². The molecule has 10 heteroatoms. The van der Waals surface area contributed by atoms with E-state index in [0.29, 0.717) is 54.6 Å². The summed E-state index contributed by atoms with van der Waals surface area (Å²) in [6.45, 7) is 7.58. The second kappa shape index (κ2) is 15.1. The molecule has 250 valence electrons. The number of carbonyl (C=O) groups excluding carboxylic acids is 2. The summed E-state index contributed by atoms with van der Waals surface area (Å²) < 4.78 is 21.7. The molecule has 2 fully saturated rings. The number of pyridine rings is 2. The van der Waals surface area contributed by atoms with Crippen molar-refractivity contribution in [3.63, 3.8) is 0 Å². The highest BCUT2D eigenvalue weighted by Crippen LogP contribution is 2.33. The van der Waals surface area contributed by atoms with Crippen LogP contribution in [-0.2, 0) is 28.9 Å². The summed E-state index contributed by atoms with van der Waals surface area (Å²) in [5, 5.41) is 6.45. The summed E-state index contributed by atoms with van der Waals surface area (Å²) in [6, 6.07) is 15.5. The van der Waals surface area contributed by atoms with Crippen LogP contribution < -0.4 is 20.1 Å². The predicted molar refractivity (Wildman–Crippen MR) is 183 cm³/mol. The Kier molecular flexibility index (Phi) is 10.4. The molecule has 0 radical (unpaired) electrons. The molecular weight excluding hydrogens is 608 g/mol. The second-order valence-electron chi connectivity index (χ2n) is 12.4. The van der Waals surface area contributed by atoms with Crippen molar-refractivity contribution < 1.29 is 28.5 Å². The summed E-state index contributed by atoms with van der Waals surface area (Å²) in [5.41, 5.74) is 7.96. The number of carbonyl (C=O) groups is 2. The molecule has 2 aliphatic heterocycles. The Labute approximate surface area is 281 Å². The number of amides is 1. The fraction of sp³-hybridized carbons (Fsp3) is 0.368. The van der Waals surface area contributed by atoms with Gasteiger partial charge >= 0.3 is 0 Å². The quantitative estimate of drug-likeness (QED) is 0.170. The number of ketones is 1. The number of aryl methyl sites for hydroxylation is 1. The Balaban J connectivity index is 1.16. The highest BCUT2D eigenvalue weighted by atomic mass is 16.5. The van der Waals surface area contributed by atoms with Crippen molar-refractivity contribution in [2.45, 2.75) is 45.7 Å². The molecule has 2 saturated heterocycles. The van der Waals surface area contributed by atoms with Crippen molar-refractivity contribution in [3.8, 4) is 22.6 Å². The van der Waals surface area contributed by atoms with Gasteiger partial charge in [-0.25, -0.2) is 0 Å². The summed E-state index contributed by atoms with van der Waals surface area (Å²) in [4.78, 5) is 35.7. The molecule has 0 spiro atoms. The highest BCUT2D eigenvalue weighted by Gasteiger charge is 2.22. The lowest BCUT2D eigenvalue weighted by molar-refractivity contribution is -0.0352. The smallest absolute Gasteiger partial charge is 0.274 e. The van der Waals surface area contributed by atoms with Crippen LogP contribution in [0.1, 0.15) is 55.2 Å². The summed E-state index contributed by atoms with van der Waals surface area (Å²) in [6.07, 6.45) is 5.45. The molecule has 10 nitrogen and oxygen atoms in total. The number of rotatable bonds is 14. The van der Waals surface area contributed by atoms with Crippen LogP contribution in [0.2, 0.25) is 0 Å². The maximum Gasteiger partial charge on any atom is 0.274 e. The van der Waals surface area contributed by atoms with Crippen LogP contribution in [0.3, 0.4) is 0 Å². The van der Waals surface area contributed by atoms with Crippen molar-refractivity contribution in [2.24, 2.45) is 5.92 Å². The molecular formula is C38H42N4O6. The van der Waals surface area contributed by atoms with E-state index in [4.69, 9.17) is 18.9 Å². The van der Waals surface area contributed by atoms with Gasteiger partial charge in [-0.15, -0.1) is 0 Å². The molecule has 4 heterocycles. The van der Waals surface area contributed by atoms with E-state index in [9.17, 15) is 9.59 Å². The van der Waals surface area contributed by atoms with Gasteiger partial charge < -0.3 is 29.6 Å². The number of aromatic nitrogens is 2. The zero-order valence-electron chi connectivity index (χ0n) is 27.9. The molecule has 0 saturated carbocycles. The van der Waals surface area contributed by atoms with Crippen LogP contribution in [0.15, 0.2) is 60.9 Å². The number of nitrogens with zero attached hydrogens (tertiary/aromatic N) is 2. The number of ether oxygens (including phenoxy) is 4.